The zero-order valence-corrected chi connectivity index (χ0v) is 23.6. The number of rotatable bonds is 7. The predicted molar refractivity (Wildman–Crippen MR) is 151 cm³/mol. The van der Waals surface area contributed by atoms with Crippen LogP contribution in [0.4, 0.5) is 4.79 Å². The smallest absolute Gasteiger partial charge is 0.407 e. The number of hydrogen-bond donors (Lipinski definition) is 2. The van der Waals surface area contributed by atoms with E-state index in [0.717, 1.165) is 54.9 Å². The number of nitrogens with one attached hydrogen (secondary N) is 2. The first kappa shape index (κ1) is 28.0. The average molecular weight is 575 g/mol. The van der Waals surface area contributed by atoms with Crippen LogP contribution in [0.2, 0.25) is 10.0 Å². The van der Waals surface area contributed by atoms with Crippen molar-refractivity contribution in [2.24, 2.45) is 0 Å². The predicted octanol–water partition coefficient (Wildman–Crippen LogP) is 6.05. The van der Waals surface area contributed by atoms with Gasteiger partial charge in [-0.1, -0.05) is 48.4 Å². The van der Waals surface area contributed by atoms with Crippen LogP contribution in [0.3, 0.4) is 0 Å². The maximum absolute atomic E-state index is 13.5. The standard InChI is InChI=1S/C27H29Cl2N5O3S/c1-3-4-6-9-19-11-13-23(38-19)25-20(17-30-27(36)37-2)24(26(35)32-33-14-7-5-8-15-33)31-34(25)22-12-10-18(28)16-21(22)29/h10-13,16H,3-5,7-8,14-15,17H2,1-2H3,(H,30,36)(H,32,35). The largest absolute Gasteiger partial charge is 0.453 e. The number of carbonyl (C=O) groups excluding carboxylic acids is 2. The van der Waals surface area contributed by atoms with E-state index < -0.39 is 6.09 Å². The fraction of sp³-hybridized carbons (Fsp3) is 0.370. The molecule has 0 bridgehead atoms. The van der Waals surface area contributed by atoms with Crippen molar-refractivity contribution in [2.45, 2.75) is 45.6 Å². The maximum Gasteiger partial charge on any atom is 0.407 e. The first-order chi connectivity index (χ1) is 18.4. The molecule has 0 spiro atoms. The molecule has 0 radical (unpaired) electrons. The van der Waals surface area contributed by atoms with Crippen molar-refractivity contribution in [2.75, 3.05) is 20.2 Å². The number of hydrogen-bond acceptors (Lipinski definition) is 6. The molecule has 2 N–H and O–H groups in total. The summed E-state index contributed by atoms with van der Waals surface area (Å²) in [7, 11) is 1.29. The lowest BCUT2D eigenvalue weighted by molar-refractivity contribution is 0.0743. The van der Waals surface area contributed by atoms with Crippen molar-refractivity contribution in [3.05, 3.63) is 56.5 Å². The number of carbonyl (C=O) groups is 2. The monoisotopic (exact) mass is 573 g/mol. The van der Waals surface area contributed by atoms with E-state index in [4.69, 9.17) is 33.0 Å². The maximum atomic E-state index is 13.5. The number of hydrazine groups is 1. The summed E-state index contributed by atoms with van der Waals surface area (Å²) in [5, 5.41) is 10.2. The van der Waals surface area contributed by atoms with E-state index in [-0.39, 0.29) is 18.1 Å². The highest BCUT2D eigenvalue weighted by Crippen LogP contribution is 2.36. The molecule has 0 unspecified atom stereocenters. The third kappa shape index (κ3) is 6.69. The molecule has 0 saturated carbocycles. The van der Waals surface area contributed by atoms with Crippen LogP contribution >= 0.6 is 34.5 Å². The summed E-state index contributed by atoms with van der Waals surface area (Å²) in [4.78, 5) is 27.3. The molecule has 11 heteroatoms. The van der Waals surface area contributed by atoms with Crippen LogP contribution in [0, 0.1) is 11.8 Å². The van der Waals surface area contributed by atoms with E-state index in [1.165, 1.54) is 18.4 Å². The van der Waals surface area contributed by atoms with Crippen LogP contribution in [0.25, 0.3) is 16.3 Å². The number of methoxy groups -OCH3 is 1. The number of aromatic nitrogens is 2. The Morgan fingerprint density at radius 3 is 2.66 bits per heavy atom. The van der Waals surface area contributed by atoms with Gasteiger partial charge in [0.25, 0.3) is 5.91 Å². The molecule has 1 aliphatic heterocycles. The molecule has 1 fully saturated rings. The number of alkyl carbamates (subject to hydrolysis) is 1. The molecule has 38 heavy (non-hydrogen) atoms. The fourth-order valence-corrected chi connectivity index (χ4v) is 5.55. The van der Waals surface area contributed by atoms with E-state index >= 15 is 0 Å². The highest BCUT2D eigenvalue weighted by molar-refractivity contribution is 7.16. The minimum absolute atomic E-state index is 0.0186. The number of halogens is 2. The van der Waals surface area contributed by atoms with Crippen LogP contribution in [0.15, 0.2) is 30.3 Å². The zero-order valence-electron chi connectivity index (χ0n) is 21.3. The van der Waals surface area contributed by atoms with Gasteiger partial charge in [0, 0.05) is 30.1 Å². The van der Waals surface area contributed by atoms with Gasteiger partial charge in [-0.3, -0.25) is 10.2 Å². The molecule has 3 aromatic rings. The molecule has 1 aliphatic rings. The minimum Gasteiger partial charge on any atom is -0.453 e. The van der Waals surface area contributed by atoms with Crippen molar-refractivity contribution in [1.82, 2.24) is 25.5 Å². The number of nitrogens with zero attached hydrogens (tertiary/aromatic N) is 3. The fourth-order valence-electron chi connectivity index (χ4n) is 4.12. The van der Waals surface area contributed by atoms with E-state index in [1.54, 1.807) is 22.9 Å². The SMILES string of the molecule is CCCC#Cc1ccc(-c2c(CNC(=O)OC)c(C(=O)NN3CCCCC3)nn2-c2ccc(Cl)cc2Cl)s1. The summed E-state index contributed by atoms with van der Waals surface area (Å²) in [5.41, 5.74) is 4.88. The normalized spacial score (nSPS) is 13.5. The third-order valence-electron chi connectivity index (χ3n) is 5.97. The molecule has 1 aromatic carbocycles. The molecule has 0 aliphatic carbocycles. The average Bonchev–Trinajstić information content (AvgIpc) is 3.52. The molecule has 2 amide bonds. The van der Waals surface area contributed by atoms with E-state index in [1.807, 2.05) is 17.1 Å². The molecule has 0 atom stereocenters. The number of thiophene rings is 1. The van der Waals surface area contributed by atoms with Gasteiger partial charge in [-0.25, -0.2) is 14.5 Å². The highest BCUT2D eigenvalue weighted by atomic mass is 35.5. The second kappa shape index (κ2) is 13.2. The van der Waals surface area contributed by atoms with Crippen molar-refractivity contribution in [1.29, 1.82) is 0 Å². The van der Waals surface area contributed by atoms with Gasteiger partial charge in [0.1, 0.15) is 0 Å². The Morgan fingerprint density at radius 2 is 1.95 bits per heavy atom. The zero-order chi connectivity index (χ0) is 27.1. The molecule has 200 valence electrons. The highest BCUT2D eigenvalue weighted by Gasteiger charge is 2.28. The summed E-state index contributed by atoms with van der Waals surface area (Å²) in [5.74, 6) is 6.00. The Labute approximate surface area is 236 Å². The van der Waals surface area contributed by atoms with E-state index in [0.29, 0.717) is 27.0 Å². The Morgan fingerprint density at radius 1 is 1.16 bits per heavy atom. The van der Waals surface area contributed by atoms with E-state index in [2.05, 4.69) is 29.5 Å². The second-order valence-electron chi connectivity index (χ2n) is 8.73. The Balaban J connectivity index is 1.86. The van der Waals surface area contributed by atoms with Crippen LogP contribution in [-0.2, 0) is 11.3 Å². The molecular formula is C27H29Cl2N5O3S. The van der Waals surface area contributed by atoms with Crippen LogP contribution in [0.1, 0.15) is 60.0 Å². The summed E-state index contributed by atoms with van der Waals surface area (Å²) in [6.45, 7) is 3.64. The lowest BCUT2D eigenvalue weighted by Crippen LogP contribution is -2.45. The number of piperidine rings is 1. The first-order valence-corrected chi connectivity index (χ1v) is 14.0. The summed E-state index contributed by atoms with van der Waals surface area (Å²) < 4.78 is 6.42. The number of benzene rings is 1. The summed E-state index contributed by atoms with van der Waals surface area (Å²) in [6, 6.07) is 8.96. The van der Waals surface area contributed by atoms with Crippen molar-refractivity contribution in [3.63, 3.8) is 0 Å². The third-order valence-corrected chi connectivity index (χ3v) is 7.52. The second-order valence-corrected chi connectivity index (χ2v) is 10.7. The molecule has 3 heterocycles. The molecule has 4 rings (SSSR count). The summed E-state index contributed by atoms with van der Waals surface area (Å²) in [6.07, 6.45) is 4.32. The molecule has 8 nitrogen and oxygen atoms in total. The number of amides is 2. The van der Waals surface area contributed by atoms with Gasteiger partial charge in [0.15, 0.2) is 5.69 Å². The van der Waals surface area contributed by atoms with Crippen LogP contribution in [0.5, 0.6) is 0 Å². The van der Waals surface area contributed by atoms with Gasteiger partial charge < -0.3 is 10.1 Å². The van der Waals surface area contributed by atoms with Gasteiger partial charge in [-0.05, 0) is 49.6 Å². The molecule has 2 aromatic heterocycles. The van der Waals surface area contributed by atoms with Crippen molar-refractivity contribution < 1.29 is 14.3 Å². The minimum atomic E-state index is -0.618. The number of unbranched alkanes of at least 4 members (excludes halogenated alkanes) is 1. The lowest BCUT2D eigenvalue weighted by Gasteiger charge is -2.26. The van der Waals surface area contributed by atoms with E-state index in [9.17, 15) is 9.59 Å². The van der Waals surface area contributed by atoms with Gasteiger partial charge in [0.2, 0.25) is 0 Å². The Bertz CT molecular complexity index is 1370. The Hall–Kier alpha value is -3.03. The molecule has 1 saturated heterocycles. The quantitative estimate of drug-likeness (QED) is 0.336. The van der Waals surface area contributed by atoms with Gasteiger partial charge in [-0.2, -0.15) is 5.10 Å². The van der Waals surface area contributed by atoms with Gasteiger partial charge >= 0.3 is 6.09 Å². The van der Waals surface area contributed by atoms with Crippen LogP contribution in [-0.4, -0.2) is 47.0 Å². The van der Waals surface area contributed by atoms with Gasteiger partial charge in [-0.15, -0.1) is 11.3 Å². The first-order valence-electron chi connectivity index (χ1n) is 12.5. The molecular weight excluding hydrogens is 545 g/mol. The van der Waals surface area contributed by atoms with Crippen LogP contribution < -0.4 is 10.7 Å². The van der Waals surface area contributed by atoms with Crippen molar-refractivity contribution in [3.8, 4) is 28.1 Å². The van der Waals surface area contributed by atoms with Crippen molar-refractivity contribution >= 4 is 46.5 Å². The number of ether oxygens (including phenoxy) is 1. The lowest BCUT2D eigenvalue weighted by atomic mass is 10.1. The summed E-state index contributed by atoms with van der Waals surface area (Å²) >= 11 is 14.2. The van der Waals surface area contributed by atoms with Gasteiger partial charge in [0.05, 0.1) is 39.8 Å². The topological polar surface area (TPSA) is 88.5 Å². The Kier molecular flexibility index (Phi) is 9.69.